The molecule has 0 amide bonds. The molecule has 3 aromatic carbocycles. The third-order valence-electron chi connectivity index (χ3n) is 4.91. The summed E-state index contributed by atoms with van der Waals surface area (Å²) in [4.78, 5) is 4.02. The first-order chi connectivity index (χ1) is 13.8. The second kappa shape index (κ2) is 7.50. The second-order valence-corrected chi connectivity index (χ2v) is 6.51. The number of benzene rings is 3. The van der Waals surface area contributed by atoms with Crippen LogP contribution in [0.4, 0.5) is 4.39 Å². The van der Waals surface area contributed by atoms with Crippen molar-refractivity contribution in [2.75, 3.05) is 0 Å². The predicted molar refractivity (Wildman–Crippen MR) is 106 cm³/mol. The summed E-state index contributed by atoms with van der Waals surface area (Å²) in [5, 5.41) is 9.05. The number of nitriles is 1. The van der Waals surface area contributed by atoms with Gasteiger partial charge >= 0.3 is 0 Å². The summed E-state index contributed by atoms with van der Waals surface area (Å²) in [6.45, 7) is 0. The monoisotopic (exact) mass is 367 g/mol. The molecule has 0 aliphatic rings. The first-order valence-corrected chi connectivity index (χ1v) is 9.04. The lowest BCUT2D eigenvalue weighted by atomic mass is 9.76. The van der Waals surface area contributed by atoms with Crippen molar-refractivity contribution in [3.05, 3.63) is 126 Å². The molecule has 0 atom stereocenters. The van der Waals surface area contributed by atoms with E-state index >= 15 is 4.39 Å². The highest BCUT2D eigenvalue weighted by Gasteiger charge is 2.40. The van der Waals surface area contributed by atoms with Gasteiger partial charge < -0.3 is 0 Å². The maximum absolute atomic E-state index is 15.2. The molecule has 3 nitrogen and oxygen atoms in total. The van der Waals surface area contributed by atoms with Crippen LogP contribution in [0.5, 0.6) is 0 Å². The minimum absolute atomic E-state index is 0.0539. The van der Waals surface area contributed by atoms with Crippen LogP contribution in [0.2, 0.25) is 0 Å². The highest BCUT2D eigenvalue weighted by atomic mass is 19.1. The van der Waals surface area contributed by atoms with Crippen LogP contribution >= 0.6 is 0 Å². The van der Waals surface area contributed by atoms with Crippen LogP contribution in [0.3, 0.4) is 0 Å². The molecule has 4 rings (SSSR count). The Hall–Kier alpha value is -3.71. The Kier molecular flexibility index (Phi) is 4.74. The Morgan fingerprint density at radius 3 is 1.61 bits per heavy atom. The zero-order chi connectivity index (χ0) is 19.4. The molecule has 0 aliphatic carbocycles. The zero-order valence-electron chi connectivity index (χ0n) is 15.2. The molecule has 28 heavy (non-hydrogen) atoms. The van der Waals surface area contributed by atoms with Crippen LogP contribution in [-0.4, -0.2) is 9.55 Å². The van der Waals surface area contributed by atoms with Crippen molar-refractivity contribution in [1.29, 1.82) is 5.26 Å². The van der Waals surface area contributed by atoms with Gasteiger partial charge in [0.15, 0.2) is 0 Å². The average Bonchev–Trinajstić information content (AvgIpc) is 3.12. The van der Waals surface area contributed by atoms with E-state index in [9.17, 15) is 0 Å². The molecular formula is C24H18FN3. The van der Waals surface area contributed by atoms with E-state index in [0.717, 1.165) is 16.7 Å². The van der Waals surface area contributed by atoms with Crippen molar-refractivity contribution in [2.24, 2.45) is 0 Å². The molecule has 4 heteroatoms. The fourth-order valence-electron chi connectivity index (χ4n) is 3.76. The van der Waals surface area contributed by atoms with E-state index in [-0.39, 0.29) is 6.42 Å². The fraction of sp³-hybridized carbons (Fsp3) is 0.0833. The summed E-state index contributed by atoms with van der Waals surface area (Å²) in [5.41, 5.74) is 2.19. The van der Waals surface area contributed by atoms with Gasteiger partial charge in [-0.2, -0.15) is 9.65 Å². The molecule has 0 saturated heterocycles. The molecule has 1 aromatic heterocycles. The standard InChI is InChI=1S/C24H18FN3/c25-23-27-22(16-17-26)18-28(23)24(19-10-4-1-5-11-19,20-12-6-2-7-13-20)21-14-8-3-9-15-21/h1-15,18H,16H2. The summed E-state index contributed by atoms with van der Waals surface area (Å²) in [6, 6.07) is 31.5. The van der Waals surface area contributed by atoms with Gasteiger partial charge in [-0.05, 0) is 16.7 Å². The molecule has 0 aliphatic heterocycles. The normalized spacial score (nSPS) is 11.1. The van der Waals surface area contributed by atoms with Crippen LogP contribution in [0, 0.1) is 17.4 Å². The molecule has 1 heterocycles. The van der Waals surface area contributed by atoms with Crippen molar-refractivity contribution >= 4 is 0 Å². The van der Waals surface area contributed by atoms with Crippen molar-refractivity contribution in [3.8, 4) is 6.07 Å². The van der Waals surface area contributed by atoms with Gasteiger partial charge in [0.1, 0.15) is 5.54 Å². The third kappa shape index (κ3) is 2.87. The number of halogens is 1. The minimum Gasteiger partial charge on any atom is -0.289 e. The zero-order valence-corrected chi connectivity index (χ0v) is 15.2. The van der Waals surface area contributed by atoms with E-state index in [1.807, 2.05) is 91.0 Å². The predicted octanol–water partition coefficient (Wildman–Crippen LogP) is 4.93. The van der Waals surface area contributed by atoms with Gasteiger partial charge in [-0.1, -0.05) is 91.0 Å². The molecule has 0 bridgehead atoms. The number of imidazole rings is 1. The molecule has 0 fully saturated rings. The maximum Gasteiger partial charge on any atom is 0.290 e. The lowest BCUT2D eigenvalue weighted by molar-refractivity contribution is 0.397. The largest absolute Gasteiger partial charge is 0.290 e. The van der Waals surface area contributed by atoms with E-state index in [4.69, 9.17) is 5.26 Å². The number of hydrogen-bond donors (Lipinski definition) is 0. The maximum atomic E-state index is 15.2. The van der Waals surface area contributed by atoms with E-state index in [2.05, 4.69) is 11.1 Å². The lowest BCUT2D eigenvalue weighted by Gasteiger charge is -2.37. The van der Waals surface area contributed by atoms with Gasteiger partial charge in [0.05, 0.1) is 18.2 Å². The first-order valence-electron chi connectivity index (χ1n) is 9.04. The number of rotatable bonds is 5. The average molecular weight is 367 g/mol. The minimum atomic E-state index is -0.950. The first kappa shape index (κ1) is 17.7. The molecule has 0 saturated carbocycles. The second-order valence-electron chi connectivity index (χ2n) is 6.51. The molecule has 4 aromatic rings. The van der Waals surface area contributed by atoms with Gasteiger partial charge in [-0.15, -0.1) is 0 Å². The number of hydrogen-bond acceptors (Lipinski definition) is 2. The van der Waals surface area contributed by atoms with Gasteiger partial charge in [-0.25, -0.2) is 4.98 Å². The van der Waals surface area contributed by atoms with E-state index < -0.39 is 11.6 Å². The van der Waals surface area contributed by atoms with Crippen molar-refractivity contribution in [3.63, 3.8) is 0 Å². The van der Waals surface area contributed by atoms with Crippen LogP contribution in [0.15, 0.2) is 97.2 Å². The van der Waals surface area contributed by atoms with Crippen molar-refractivity contribution in [2.45, 2.75) is 12.0 Å². The van der Waals surface area contributed by atoms with Gasteiger partial charge in [0, 0.05) is 6.20 Å². The topological polar surface area (TPSA) is 41.6 Å². The molecule has 0 N–H and O–H groups in total. The van der Waals surface area contributed by atoms with Crippen LogP contribution < -0.4 is 0 Å². The Bertz CT molecular complexity index is 1000. The molecule has 0 unspecified atom stereocenters. The fourth-order valence-corrected chi connectivity index (χ4v) is 3.76. The lowest BCUT2D eigenvalue weighted by Crippen LogP contribution is -2.38. The number of nitrogens with zero attached hydrogens (tertiary/aromatic N) is 3. The molecule has 0 radical (unpaired) electrons. The quantitative estimate of drug-likeness (QED) is 0.469. The Morgan fingerprint density at radius 2 is 1.21 bits per heavy atom. The van der Waals surface area contributed by atoms with Gasteiger partial charge in [0.25, 0.3) is 6.08 Å². The van der Waals surface area contributed by atoms with Gasteiger partial charge in [0.2, 0.25) is 0 Å². The molecule has 0 spiro atoms. The summed E-state index contributed by atoms with van der Waals surface area (Å²) in [6.07, 6.45) is 1.08. The van der Waals surface area contributed by atoms with Crippen molar-refractivity contribution < 1.29 is 4.39 Å². The van der Waals surface area contributed by atoms with Crippen LogP contribution in [-0.2, 0) is 12.0 Å². The van der Waals surface area contributed by atoms with Crippen LogP contribution in [0.25, 0.3) is 0 Å². The Labute approximate surface area is 163 Å². The van der Waals surface area contributed by atoms with Crippen LogP contribution in [0.1, 0.15) is 22.4 Å². The highest BCUT2D eigenvalue weighted by Crippen LogP contribution is 2.41. The molecular weight excluding hydrogens is 349 g/mol. The summed E-state index contributed by atoms with van der Waals surface area (Å²) < 4.78 is 16.8. The van der Waals surface area contributed by atoms with Crippen molar-refractivity contribution in [1.82, 2.24) is 9.55 Å². The SMILES string of the molecule is N#CCc1cn(C(c2ccccc2)(c2ccccc2)c2ccccc2)c(F)n1. The third-order valence-corrected chi connectivity index (χ3v) is 4.91. The van der Waals surface area contributed by atoms with Gasteiger partial charge in [-0.3, -0.25) is 4.57 Å². The Morgan fingerprint density at radius 1 is 0.786 bits per heavy atom. The summed E-state index contributed by atoms with van der Waals surface area (Å²) in [7, 11) is 0. The van der Waals surface area contributed by atoms with E-state index in [0.29, 0.717) is 5.69 Å². The summed E-state index contributed by atoms with van der Waals surface area (Å²) >= 11 is 0. The summed E-state index contributed by atoms with van der Waals surface area (Å²) in [5.74, 6) is 0. The van der Waals surface area contributed by atoms with E-state index in [1.54, 1.807) is 10.8 Å². The smallest absolute Gasteiger partial charge is 0.289 e. The number of aromatic nitrogens is 2. The Balaban J connectivity index is 2.12. The van der Waals surface area contributed by atoms with E-state index in [1.165, 1.54) is 0 Å². The highest BCUT2D eigenvalue weighted by molar-refractivity contribution is 5.50. The molecule has 136 valence electrons.